The standard InChI is InChI=1S/C20H24N4/c1-20(2,3)16-11-9-15(10-12-16)18-22-19(24-23-18)17(21)13-14-7-5-4-6-8-14/h4-12,17H,13,21H2,1-3H3,(H,22,23,24)/t17-/m0/s1. The number of aromatic amines is 1. The third kappa shape index (κ3) is 3.71. The highest BCUT2D eigenvalue weighted by Crippen LogP contribution is 2.25. The smallest absolute Gasteiger partial charge is 0.181 e. The van der Waals surface area contributed by atoms with Gasteiger partial charge in [0.1, 0.15) is 5.82 Å². The van der Waals surface area contributed by atoms with Gasteiger partial charge >= 0.3 is 0 Å². The van der Waals surface area contributed by atoms with E-state index in [1.165, 1.54) is 11.1 Å². The molecule has 0 spiro atoms. The van der Waals surface area contributed by atoms with Crippen LogP contribution in [0.4, 0.5) is 0 Å². The van der Waals surface area contributed by atoms with E-state index in [0.29, 0.717) is 11.6 Å². The number of benzene rings is 2. The monoisotopic (exact) mass is 320 g/mol. The first-order valence-electron chi connectivity index (χ1n) is 8.26. The molecule has 1 atom stereocenters. The van der Waals surface area contributed by atoms with E-state index in [9.17, 15) is 0 Å². The van der Waals surface area contributed by atoms with Crippen LogP contribution >= 0.6 is 0 Å². The molecule has 3 aromatic rings. The predicted molar refractivity (Wildman–Crippen MR) is 97.6 cm³/mol. The van der Waals surface area contributed by atoms with Gasteiger partial charge in [0.15, 0.2) is 5.82 Å². The first kappa shape index (κ1) is 16.4. The van der Waals surface area contributed by atoms with Crippen molar-refractivity contribution in [2.45, 2.75) is 38.6 Å². The minimum absolute atomic E-state index is 0.140. The molecule has 0 saturated heterocycles. The molecule has 1 heterocycles. The molecule has 4 heteroatoms. The zero-order chi connectivity index (χ0) is 17.2. The van der Waals surface area contributed by atoms with Crippen molar-refractivity contribution in [1.29, 1.82) is 0 Å². The summed E-state index contributed by atoms with van der Waals surface area (Å²) in [5, 5.41) is 7.31. The van der Waals surface area contributed by atoms with E-state index >= 15 is 0 Å². The molecule has 0 fully saturated rings. The third-order valence-electron chi connectivity index (χ3n) is 4.16. The molecule has 4 nitrogen and oxygen atoms in total. The summed E-state index contributed by atoms with van der Waals surface area (Å²) in [6.45, 7) is 6.61. The minimum Gasteiger partial charge on any atom is -0.321 e. The molecule has 2 aromatic carbocycles. The van der Waals surface area contributed by atoms with E-state index in [0.717, 1.165) is 12.0 Å². The van der Waals surface area contributed by atoms with Gasteiger partial charge in [-0.25, -0.2) is 4.98 Å². The van der Waals surface area contributed by atoms with Crippen LogP contribution in [0, 0.1) is 0 Å². The van der Waals surface area contributed by atoms with Crippen molar-refractivity contribution in [3.63, 3.8) is 0 Å². The van der Waals surface area contributed by atoms with Gasteiger partial charge in [-0.2, -0.15) is 5.10 Å². The number of nitrogens with zero attached hydrogens (tertiary/aromatic N) is 2. The van der Waals surface area contributed by atoms with Crippen molar-refractivity contribution >= 4 is 0 Å². The lowest BCUT2D eigenvalue weighted by molar-refractivity contribution is 0.590. The molecular weight excluding hydrogens is 296 g/mol. The Kier molecular flexibility index (Phi) is 4.49. The third-order valence-corrected chi connectivity index (χ3v) is 4.16. The molecular formula is C20H24N4. The molecule has 0 saturated carbocycles. The van der Waals surface area contributed by atoms with E-state index in [-0.39, 0.29) is 11.5 Å². The number of H-pyrrole nitrogens is 1. The van der Waals surface area contributed by atoms with Crippen molar-refractivity contribution in [3.8, 4) is 11.4 Å². The van der Waals surface area contributed by atoms with Crippen LogP contribution in [0.1, 0.15) is 43.8 Å². The maximum absolute atomic E-state index is 6.27. The second kappa shape index (κ2) is 6.57. The summed E-state index contributed by atoms with van der Waals surface area (Å²) in [5.41, 5.74) is 9.89. The molecule has 3 N–H and O–H groups in total. The largest absolute Gasteiger partial charge is 0.321 e. The fraction of sp³-hybridized carbons (Fsp3) is 0.300. The van der Waals surface area contributed by atoms with Gasteiger partial charge in [0.05, 0.1) is 6.04 Å². The summed E-state index contributed by atoms with van der Waals surface area (Å²) < 4.78 is 0. The molecule has 0 amide bonds. The van der Waals surface area contributed by atoms with Gasteiger partial charge < -0.3 is 5.73 Å². The number of nitrogens with one attached hydrogen (secondary N) is 1. The summed E-state index contributed by atoms with van der Waals surface area (Å²) in [4.78, 5) is 4.58. The number of rotatable bonds is 4. The van der Waals surface area contributed by atoms with E-state index in [1.807, 2.05) is 18.2 Å². The SMILES string of the molecule is CC(C)(C)c1ccc(-c2n[nH]c([C@@H](N)Cc3ccccc3)n2)cc1. The average Bonchev–Trinajstić information content (AvgIpc) is 3.05. The normalized spacial score (nSPS) is 13.0. The predicted octanol–water partition coefficient (Wildman–Crippen LogP) is 4.01. The highest BCUT2D eigenvalue weighted by molar-refractivity contribution is 5.55. The summed E-state index contributed by atoms with van der Waals surface area (Å²) in [6, 6.07) is 18.4. The number of nitrogens with two attached hydrogens (primary N) is 1. The zero-order valence-corrected chi connectivity index (χ0v) is 14.5. The molecule has 124 valence electrons. The molecule has 0 aliphatic heterocycles. The first-order valence-corrected chi connectivity index (χ1v) is 8.26. The van der Waals surface area contributed by atoms with Gasteiger partial charge in [0, 0.05) is 5.56 Å². The Balaban J connectivity index is 1.75. The number of hydrogen-bond donors (Lipinski definition) is 2. The van der Waals surface area contributed by atoms with E-state index in [4.69, 9.17) is 5.73 Å². The first-order chi connectivity index (χ1) is 11.4. The summed E-state index contributed by atoms with van der Waals surface area (Å²) >= 11 is 0. The van der Waals surface area contributed by atoms with Gasteiger partial charge in [-0.3, -0.25) is 5.10 Å². The van der Waals surface area contributed by atoms with Crippen LogP contribution in [-0.2, 0) is 11.8 Å². The summed E-state index contributed by atoms with van der Waals surface area (Å²) in [5.74, 6) is 1.41. The van der Waals surface area contributed by atoms with Crippen molar-refractivity contribution in [1.82, 2.24) is 15.2 Å². The van der Waals surface area contributed by atoms with Crippen LogP contribution in [0.2, 0.25) is 0 Å². The van der Waals surface area contributed by atoms with Gasteiger partial charge in [-0.1, -0.05) is 75.4 Å². The van der Waals surface area contributed by atoms with Crippen LogP contribution in [0.15, 0.2) is 54.6 Å². The molecule has 1 aromatic heterocycles. The average molecular weight is 320 g/mol. The van der Waals surface area contributed by atoms with Gasteiger partial charge in [0.2, 0.25) is 0 Å². The quantitative estimate of drug-likeness (QED) is 0.763. The lowest BCUT2D eigenvalue weighted by atomic mass is 9.87. The van der Waals surface area contributed by atoms with Crippen LogP contribution in [-0.4, -0.2) is 15.2 Å². The maximum atomic E-state index is 6.27. The summed E-state index contributed by atoms with van der Waals surface area (Å²) in [6.07, 6.45) is 0.735. The topological polar surface area (TPSA) is 67.6 Å². The highest BCUT2D eigenvalue weighted by Gasteiger charge is 2.16. The second-order valence-corrected chi connectivity index (χ2v) is 7.17. The fourth-order valence-corrected chi connectivity index (χ4v) is 2.65. The van der Waals surface area contributed by atoms with Gasteiger partial charge in [0.25, 0.3) is 0 Å². The van der Waals surface area contributed by atoms with Crippen LogP contribution in [0.5, 0.6) is 0 Å². The van der Waals surface area contributed by atoms with Gasteiger partial charge in [-0.05, 0) is 23.0 Å². The van der Waals surface area contributed by atoms with E-state index in [1.54, 1.807) is 0 Å². The molecule has 0 radical (unpaired) electrons. The Hall–Kier alpha value is -2.46. The Morgan fingerprint density at radius 1 is 1.00 bits per heavy atom. The van der Waals surface area contributed by atoms with Crippen molar-refractivity contribution < 1.29 is 0 Å². The minimum atomic E-state index is -0.192. The molecule has 0 unspecified atom stereocenters. The summed E-state index contributed by atoms with van der Waals surface area (Å²) in [7, 11) is 0. The van der Waals surface area contributed by atoms with Crippen molar-refractivity contribution in [2.24, 2.45) is 5.73 Å². The molecule has 0 aliphatic rings. The molecule has 0 bridgehead atoms. The molecule has 3 rings (SSSR count). The Labute approximate surface area is 143 Å². The van der Waals surface area contributed by atoms with Gasteiger partial charge in [-0.15, -0.1) is 0 Å². The number of aromatic nitrogens is 3. The Morgan fingerprint density at radius 3 is 2.29 bits per heavy atom. The second-order valence-electron chi connectivity index (χ2n) is 7.17. The van der Waals surface area contributed by atoms with E-state index < -0.39 is 0 Å². The fourth-order valence-electron chi connectivity index (χ4n) is 2.65. The lowest BCUT2D eigenvalue weighted by Gasteiger charge is -2.18. The maximum Gasteiger partial charge on any atom is 0.181 e. The Bertz CT molecular complexity index is 783. The van der Waals surface area contributed by atoms with Crippen LogP contribution < -0.4 is 5.73 Å². The zero-order valence-electron chi connectivity index (χ0n) is 14.5. The van der Waals surface area contributed by atoms with Crippen LogP contribution in [0.3, 0.4) is 0 Å². The number of hydrogen-bond acceptors (Lipinski definition) is 3. The molecule has 0 aliphatic carbocycles. The van der Waals surface area contributed by atoms with Crippen molar-refractivity contribution in [2.75, 3.05) is 0 Å². The molecule has 24 heavy (non-hydrogen) atoms. The lowest BCUT2D eigenvalue weighted by Crippen LogP contribution is -2.15. The highest BCUT2D eigenvalue weighted by atomic mass is 15.2. The van der Waals surface area contributed by atoms with Crippen LogP contribution in [0.25, 0.3) is 11.4 Å². The van der Waals surface area contributed by atoms with E-state index in [2.05, 4.69) is 72.4 Å². The van der Waals surface area contributed by atoms with Crippen molar-refractivity contribution in [3.05, 3.63) is 71.5 Å². The Morgan fingerprint density at radius 2 is 1.67 bits per heavy atom.